The Labute approximate surface area is 134 Å². The lowest BCUT2D eigenvalue weighted by Crippen LogP contribution is -2.22. The maximum Gasteiger partial charge on any atom is 0.333 e. The van der Waals surface area contributed by atoms with Crippen LogP contribution in [0.5, 0.6) is 0 Å². The van der Waals surface area contributed by atoms with Gasteiger partial charge in [0.2, 0.25) is 12.6 Å². The van der Waals surface area contributed by atoms with Crippen molar-refractivity contribution in [2.24, 2.45) is 0 Å². The molecule has 0 fully saturated rings. The van der Waals surface area contributed by atoms with Crippen LogP contribution in [0.4, 0.5) is 0 Å². The van der Waals surface area contributed by atoms with Gasteiger partial charge in [-0.15, -0.1) is 0 Å². The van der Waals surface area contributed by atoms with Gasteiger partial charge in [-0.25, -0.2) is 9.59 Å². The number of carbonyl (C=O) groups is 4. The first-order valence-electron chi connectivity index (χ1n) is 6.83. The number of hydrogen-bond acceptors (Lipinski definition) is 8. The van der Waals surface area contributed by atoms with E-state index in [4.69, 9.17) is 9.47 Å². The Balaban J connectivity index is 3.92. The lowest BCUT2D eigenvalue weighted by Gasteiger charge is -2.13. The Morgan fingerprint density at radius 1 is 0.783 bits per heavy atom. The maximum atomic E-state index is 11.4. The maximum absolute atomic E-state index is 11.4. The molecule has 0 radical (unpaired) electrons. The molecule has 0 saturated heterocycles. The summed E-state index contributed by atoms with van der Waals surface area (Å²) in [6.45, 7) is 9.17. The second-order valence-corrected chi connectivity index (χ2v) is 4.25. The quantitative estimate of drug-likeness (QED) is 0.336. The zero-order chi connectivity index (χ0) is 17.8. The standard InChI is InChI=1S/C15H20O8/c1-5-12(16)20-10(3)22-14(18)8-7-9-15(19)23-11(4)21-13(17)6-2/h5-6,10-11H,1-2,7-9H2,3-4H3. The van der Waals surface area contributed by atoms with E-state index in [1.807, 2.05) is 0 Å². The Morgan fingerprint density at radius 2 is 1.13 bits per heavy atom. The fourth-order valence-electron chi connectivity index (χ4n) is 1.34. The van der Waals surface area contributed by atoms with Gasteiger partial charge in [0.05, 0.1) is 0 Å². The largest absolute Gasteiger partial charge is 0.425 e. The van der Waals surface area contributed by atoms with Gasteiger partial charge in [0.15, 0.2) is 0 Å². The van der Waals surface area contributed by atoms with Crippen LogP contribution in [-0.2, 0) is 38.1 Å². The van der Waals surface area contributed by atoms with Gasteiger partial charge >= 0.3 is 23.9 Å². The summed E-state index contributed by atoms with van der Waals surface area (Å²) >= 11 is 0. The predicted molar refractivity (Wildman–Crippen MR) is 77.5 cm³/mol. The lowest BCUT2D eigenvalue weighted by atomic mass is 10.2. The fraction of sp³-hybridized carbons (Fsp3) is 0.467. The molecule has 8 nitrogen and oxygen atoms in total. The summed E-state index contributed by atoms with van der Waals surface area (Å²) in [6.07, 6.45) is -0.155. The summed E-state index contributed by atoms with van der Waals surface area (Å²) in [7, 11) is 0. The van der Waals surface area contributed by atoms with E-state index >= 15 is 0 Å². The molecule has 128 valence electrons. The van der Waals surface area contributed by atoms with Crippen LogP contribution in [0.2, 0.25) is 0 Å². The summed E-state index contributed by atoms with van der Waals surface area (Å²) in [4.78, 5) is 44.6. The molecular formula is C15H20O8. The fourth-order valence-corrected chi connectivity index (χ4v) is 1.34. The van der Waals surface area contributed by atoms with Gasteiger partial charge in [0.1, 0.15) is 0 Å². The lowest BCUT2D eigenvalue weighted by molar-refractivity contribution is -0.181. The molecule has 0 bridgehead atoms. The van der Waals surface area contributed by atoms with Crippen molar-refractivity contribution in [1.82, 2.24) is 0 Å². The van der Waals surface area contributed by atoms with Crippen LogP contribution in [0.15, 0.2) is 25.3 Å². The highest BCUT2D eigenvalue weighted by molar-refractivity contribution is 5.82. The van der Waals surface area contributed by atoms with Gasteiger partial charge in [-0.05, 0) is 6.42 Å². The average molecular weight is 328 g/mol. The SMILES string of the molecule is C=CC(=O)OC(C)OC(=O)CCCC(=O)OC(C)OC(=O)C=C. The highest BCUT2D eigenvalue weighted by Gasteiger charge is 2.15. The van der Waals surface area contributed by atoms with Crippen LogP contribution >= 0.6 is 0 Å². The third-order valence-electron chi connectivity index (χ3n) is 2.25. The number of carbonyl (C=O) groups excluding carboxylic acids is 4. The second kappa shape index (κ2) is 11.0. The molecule has 0 amide bonds. The highest BCUT2D eigenvalue weighted by atomic mass is 16.7. The van der Waals surface area contributed by atoms with Gasteiger partial charge in [0.25, 0.3) is 0 Å². The van der Waals surface area contributed by atoms with Gasteiger partial charge in [-0.1, -0.05) is 13.2 Å². The molecule has 0 aliphatic heterocycles. The van der Waals surface area contributed by atoms with Crippen molar-refractivity contribution in [3.05, 3.63) is 25.3 Å². The van der Waals surface area contributed by atoms with Gasteiger partial charge in [-0.2, -0.15) is 0 Å². The molecule has 2 atom stereocenters. The molecule has 0 heterocycles. The van der Waals surface area contributed by atoms with Crippen LogP contribution in [0, 0.1) is 0 Å². The summed E-state index contributed by atoms with van der Waals surface area (Å²) in [6, 6.07) is 0. The number of ether oxygens (including phenoxy) is 4. The Morgan fingerprint density at radius 3 is 1.43 bits per heavy atom. The normalized spacial score (nSPS) is 12.3. The number of hydrogen-bond donors (Lipinski definition) is 0. The summed E-state index contributed by atoms with van der Waals surface area (Å²) < 4.78 is 18.9. The molecule has 8 heteroatoms. The van der Waals surface area contributed by atoms with Crippen molar-refractivity contribution in [2.75, 3.05) is 0 Å². The van der Waals surface area contributed by atoms with E-state index in [0.717, 1.165) is 12.2 Å². The molecule has 0 aromatic carbocycles. The molecule has 0 aromatic rings. The van der Waals surface area contributed by atoms with E-state index in [9.17, 15) is 19.2 Å². The molecule has 0 spiro atoms. The monoisotopic (exact) mass is 328 g/mol. The number of esters is 4. The van der Waals surface area contributed by atoms with Gasteiger partial charge in [-0.3, -0.25) is 9.59 Å². The molecule has 2 unspecified atom stereocenters. The molecule has 0 aliphatic rings. The van der Waals surface area contributed by atoms with Crippen LogP contribution in [-0.4, -0.2) is 36.5 Å². The van der Waals surface area contributed by atoms with Crippen LogP contribution < -0.4 is 0 Å². The molecular weight excluding hydrogens is 308 g/mol. The van der Waals surface area contributed by atoms with E-state index in [1.54, 1.807) is 0 Å². The third-order valence-corrected chi connectivity index (χ3v) is 2.25. The molecule has 0 aromatic heterocycles. The highest BCUT2D eigenvalue weighted by Crippen LogP contribution is 2.05. The first kappa shape index (κ1) is 20.4. The molecule has 0 saturated carbocycles. The summed E-state index contributed by atoms with van der Waals surface area (Å²) in [5, 5.41) is 0. The van der Waals surface area contributed by atoms with Crippen molar-refractivity contribution in [2.45, 2.75) is 45.7 Å². The average Bonchev–Trinajstić information content (AvgIpc) is 2.46. The van der Waals surface area contributed by atoms with Crippen molar-refractivity contribution in [3.63, 3.8) is 0 Å². The van der Waals surface area contributed by atoms with Crippen molar-refractivity contribution in [3.8, 4) is 0 Å². The molecule has 0 aliphatic carbocycles. The first-order valence-corrected chi connectivity index (χ1v) is 6.83. The Hall–Kier alpha value is -2.64. The summed E-state index contributed by atoms with van der Waals surface area (Å²) in [5.74, 6) is -2.68. The Bertz CT molecular complexity index is 426. The smallest absolute Gasteiger partial charge is 0.333 e. The van der Waals surface area contributed by atoms with E-state index in [2.05, 4.69) is 22.6 Å². The van der Waals surface area contributed by atoms with Gasteiger partial charge in [0, 0.05) is 38.8 Å². The van der Waals surface area contributed by atoms with E-state index in [1.165, 1.54) is 13.8 Å². The van der Waals surface area contributed by atoms with E-state index < -0.39 is 36.5 Å². The van der Waals surface area contributed by atoms with E-state index in [0.29, 0.717) is 0 Å². The van der Waals surface area contributed by atoms with E-state index in [-0.39, 0.29) is 19.3 Å². The topological polar surface area (TPSA) is 105 Å². The molecule has 23 heavy (non-hydrogen) atoms. The predicted octanol–water partition coefficient (Wildman–Crippen LogP) is 1.39. The van der Waals surface area contributed by atoms with Crippen LogP contribution in [0.25, 0.3) is 0 Å². The molecule has 0 rings (SSSR count). The third kappa shape index (κ3) is 10.7. The number of rotatable bonds is 10. The van der Waals surface area contributed by atoms with Crippen LogP contribution in [0.3, 0.4) is 0 Å². The first-order chi connectivity index (χ1) is 10.8. The van der Waals surface area contributed by atoms with Crippen molar-refractivity contribution < 1.29 is 38.1 Å². The minimum absolute atomic E-state index is 0.0636. The zero-order valence-electron chi connectivity index (χ0n) is 13.1. The minimum atomic E-state index is -1.04. The van der Waals surface area contributed by atoms with Crippen molar-refractivity contribution in [1.29, 1.82) is 0 Å². The Kier molecular flexibility index (Phi) is 9.74. The summed E-state index contributed by atoms with van der Waals surface area (Å²) in [5.41, 5.74) is 0. The van der Waals surface area contributed by atoms with Crippen LogP contribution in [0.1, 0.15) is 33.1 Å². The minimum Gasteiger partial charge on any atom is -0.425 e. The van der Waals surface area contributed by atoms with Gasteiger partial charge < -0.3 is 18.9 Å². The molecule has 0 N–H and O–H groups in total. The zero-order valence-corrected chi connectivity index (χ0v) is 13.1. The second-order valence-electron chi connectivity index (χ2n) is 4.25. The van der Waals surface area contributed by atoms with Crippen molar-refractivity contribution >= 4 is 23.9 Å².